The summed E-state index contributed by atoms with van der Waals surface area (Å²) in [6.07, 6.45) is 2.92. The van der Waals surface area contributed by atoms with Crippen LogP contribution in [0, 0.1) is 17.3 Å². The van der Waals surface area contributed by atoms with Crippen LogP contribution in [0.1, 0.15) is 25.8 Å². The Morgan fingerprint density at radius 1 is 1.38 bits per heavy atom. The van der Waals surface area contributed by atoms with E-state index in [1.165, 1.54) is 0 Å². The number of nitrogens with one attached hydrogen (secondary N) is 1. The number of hydrogen-bond donors (Lipinski definition) is 2. The van der Waals surface area contributed by atoms with Crippen LogP contribution in [0.4, 0.5) is 0 Å². The fraction of sp³-hybridized carbons (Fsp3) is 0.421. The van der Waals surface area contributed by atoms with Crippen molar-refractivity contribution in [2.75, 3.05) is 6.54 Å². The van der Waals surface area contributed by atoms with Crippen LogP contribution in [-0.2, 0) is 16.0 Å². The number of aliphatic carboxylic acids is 1. The number of fused-ring (bicyclic) bond motifs is 1. The molecule has 2 atom stereocenters. The Hall–Kier alpha value is -2.43. The van der Waals surface area contributed by atoms with Gasteiger partial charge >= 0.3 is 5.97 Å². The maximum Gasteiger partial charge on any atom is 0.310 e. The van der Waals surface area contributed by atoms with Crippen LogP contribution in [0.25, 0.3) is 10.9 Å². The summed E-state index contributed by atoms with van der Waals surface area (Å²) in [4.78, 5) is 28.0. The maximum absolute atomic E-state index is 12.2. The van der Waals surface area contributed by atoms with Crippen LogP contribution in [-0.4, -0.2) is 28.5 Å². The maximum atomic E-state index is 12.2. The zero-order chi connectivity index (χ0) is 17.3. The minimum absolute atomic E-state index is 0.0428. The summed E-state index contributed by atoms with van der Waals surface area (Å²) in [6, 6.07) is 9.97. The van der Waals surface area contributed by atoms with E-state index in [4.69, 9.17) is 0 Å². The molecule has 5 nitrogen and oxygen atoms in total. The van der Waals surface area contributed by atoms with E-state index in [2.05, 4.69) is 16.4 Å². The normalized spacial score (nSPS) is 22.5. The summed E-state index contributed by atoms with van der Waals surface area (Å²) in [5.41, 5.74) is 1.20. The molecule has 1 fully saturated rings. The number of rotatable bonds is 6. The van der Waals surface area contributed by atoms with Gasteiger partial charge in [-0.05, 0) is 42.5 Å². The molecule has 1 aliphatic rings. The zero-order valence-corrected chi connectivity index (χ0v) is 14.0. The quantitative estimate of drug-likeness (QED) is 0.855. The summed E-state index contributed by atoms with van der Waals surface area (Å²) < 4.78 is 0. The standard InChI is InChI=1S/C19H22N2O3/c1-12(2)19(18(23)24)11-15(19)17(22)21-9-7-13-5-6-16-14(10-13)4-3-8-20-16/h3-6,8,10,12,15H,7,9,11H2,1-2H3,(H,21,22)(H,23,24). The highest BCUT2D eigenvalue weighted by Gasteiger charge is 2.65. The van der Waals surface area contributed by atoms with Crippen molar-refractivity contribution < 1.29 is 14.7 Å². The van der Waals surface area contributed by atoms with E-state index < -0.39 is 17.3 Å². The molecule has 1 heterocycles. The van der Waals surface area contributed by atoms with Gasteiger partial charge in [-0.15, -0.1) is 0 Å². The molecule has 0 aliphatic heterocycles. The lowest BCUT2D eigenvalue weighted by Crippen LogP contribution is -2.33. The molecule has 1 amide bonds. The molecule has 2 aromatic rings. The van der Waals surface area contributed by atoms with Gasteiger partial charge in [-0.2, -0.15) is 0 Å². The van der Waals surface area contributed by atoms with Crippen LogP contribution in [0.15, 0.2) is 36.5 Å². The number of hydrogen-bond acceptors (Lipinski definition) is 3. The first-order chi connectivity index (χ1) is 11.4. The van der Waals surface area contributed by atoms with Crippen molar-refractivity contribution in [3.8, 4) is 0 Å². The van der Waals surface area contributed by atoms with Crippen molar-refractivity contribution in [1.29, 1.82) is 0 Å². The number of pyridine rings is 1. The van der Waals surface area contributed by atoms with Gasteiger partial charge in [0.25, 0.3) is 0 Å². The lowest BCUT2D eigenvalue weighted by Gasteiger charge is -2.16. The molecule has 126 valence electrons. The smallest absolute Gasteiger partial charge is 0.310 e. The van der Waals surface area contributed by atoms with Gasteiger partial charge in [0.15, 0.2) is 0 Å². The molecule has 2 unspecified atom stereocenters. The number of nitrogens with zero attached hydrogens (tertiary/aromatic N) is 1. The first-order valence-electron chi connectivity index (χ1n) is 8.30. The van der Waals surface area contributed by atoms with Gasteiger partial charge in [0.05, 0.1) is 16.8 Å². The first kappa shape index (κ1) is 16.4. The highest BCUT2D eigenvalue weighted by molar-refractivity contribution is 5.92. The molecular weight excluding hydrogens is 304 g/mol. The predicted molar refractivity (Wildman–Crippen MR) is 91.5 cm³/mol. The average Bonchev–Trinajstić information content (AvgIpc) is 3.32. The lowest BCUT2D eigenvalue weighted by atomic mass is 9.89. The van der Waals surface area contributed by atoms with Crippen LogP contribution in [0.2, 0.25) is 0 Å². The van der Waals surface area contributed by atoms with Crippen LogP contribution >= 0.6 is 0 Å². The molecule has 1 saturated carbocycles. The summed E-state index contributed by atoms with van der Waals surface area (Å²) in [5.74, 6) is -1.46. The molecule has 0 saturated heterocycles. The molecule has 3 rings (SSSR count). The number of carboxylic acids is 1. The van der Waals surface area contributed by atoms with Gasteiger partial charge in [-0.3, -0.25) is 14.6 Å². The molecule has 2 N–H and O–H groups in total. The van der Waals surface area contributed by atoms with Gasteiger partial charge in [0.2, 0.25) is 5.91 Å². The zero-order valence-electron chi connectivity index (χ0n) is 14.0. The number of carboxylic acid groups (broad SMARTS) is 1. The van der Waals surface area contributed by atoms with Crippen LogP contribution in [0.5, 0.6) is 0 Å². The first-order valence-corrected chi connectivity index (χ1v) is 8.30. The predicted octanol–water partition coefficient (Wildman–Crippen LogP) is 2.64. The van der Waals surface area contributed by atoms with Crippen molar-refractivity contribution in [2.45, 2.75) is 26.7 Å². The number of aromatic nitrogens is 1. The minimum Gasteiger partial charge on any atom is -0.481 e. The van der Waals surface area contributed by atoms with E-state index in [0.717, 1.165) is 16.5 Å². The molecule has 24 heavy (non-hydrogen) atoms. The van der Waals surface area contributed by atoms with Gasteiger partial charge < -0.3 is 10.4 Å². The fourth-order valence-electron chi connectivity index (χ4n) is 3.46. The highest BCUT2D eigenvalue weighted by atomic mass is 16.4. The molecule has 1 aromatic heterocycles. The van der Waals surface area contributed by atoms with Crippen molar-refractivity contribution >= 4 is 22.8 Å². The van der Waals surface area contributed by atoms with E-state index in [9.17, 15) is 14.7 Å². The summed E-state index contributed by atoms with van der Waals surface area (Å²) in [6.45, 7) is 4.24. The highest BCUT2D eigenvalue weighted by Crippen LogP contribution is 2.58. The van der Waals surface area contributed by atoms with E-state index in [-0.39, 0.29) is 11.8 Å². The number of carbonyl (C=O) groups excluding carboxylic acids is 1. The van der Waals surface area contributed by atoms with Gasteiger partial charge in [0.1, 0.15) is 0 Å². The Morgan fingerprint density at radius 2 is 2.17 bits per heavy atom. The Bertz CT molecular complexity index is 787. The second-order valence-corrected chi connectivity index (χ2v) is 6.83. The third-order valence-electron chi connectivity index (χ3n) is 5.13. The summed E-state index contributed by atoms with van der Waals surface area (Å²) >= 11 is 0. The third-order valence-corrected chi connectivity index (χ3v) is 5.13. The lowest BCUT2D eigenvalue weighted by molar-refractivity contribution is -0.147. The van der Waals surface area contributed by atoms with Gasteiger partial charge in [0, 0.05) is 18.1 Å². The Morgan fingerprint density at radius 3 is 2.83 bits per heavy atom. The van der Waals surface area contributed by atoms with Gasteiger partial charge in [-0.25, -0.2) is 0 Å². The molecule has 0 spiro atoms. The van der Waals surface area contributed by atoms with Crippen molar-refractivity contribution in [2.24, 2.45) is 17.3 Å². The Balaban J connectivity index is 1.56. The van der Waals surface area contributed by atoms with Crippen LogP contribution in [0.3, 0.4) is 0 Å². The number of benzene rings is 1. The number of amides is 1. The molecule has 0 bridgehead atoms. The van der Waals surface area contributed by atoms with Crippen molar-refractivity contribution in [1.82, 2.24) is 10.3 Å². The van der Waals surface area contributed by atoms with E-state index in [1.54, 1.807) is 6.20 Å². The minimum atomic E-state index is -0.876. The molecule has 0 radical (unpaired) electrons. The van der Waals surface area contributed by atoms with Crippen molar-refractivity contribution in [3.05, 3.63) is 42.1 Å². The third kappa shape index (κ3) is 2.86. The largest absolute Gasteiger partial charge is 0.481 e. The SMILES string of the molecule is CC(C)C1(C(=O)O)CC1C(=O)NCCc1ccc2ncccc2c1. The number of carbonyl (C=O) groups is 2. The summed E-state index contributed by atoms with van der Waals surface area (Å²) in [7, 11) is 0. The Labute approximate surface area is 141 Å². The molecule has 5 heteroatoms. The summed E-state index contributed by atoms with van der Waals surface area (Å²) in [5, 5.41) is 13.4. The van der Waals surface area contributed by atoms with Crippen LogP contribution < -0.4 is 5.32 Å². The molecular formula is C19H22N2O3. The molecule has 1 aromatic carbocycles. The van der Waals surface area contributed by atoms with E-state index >= 15 is 0 Å². The fourth-order valence-corrected chi connectivity index (χ4v) is 3.46. The second kappa shape index (κ2) is 6.23. The monoisotopic (exact) mass is 326 g/mol. The molecule has 1 aliphatic carbocycles. The van der Waals surface area contributed by atoms with E-state index in [1.807, 2.05) is 38.1 Å². The topological polar surface area (TPSA) is 79.3 Å². The van der Waals surface area contributed by atoms with Crippen molar-refractivity contribution in [3.63, 3.8) is 0 Å². The Kier molecular flexibility index (Phi) is 4.26. The van der Waals surface area contributed by atoms with E-state index in [0.29, 0.717) is 19.4 Å². The average molecular weight is 326 g/mol. The second-order valence-electron chi connectivity index (χ2n) is 6.83. The van der Waals surface area contributed by atoms with Gasteiger partial charge in [-0.1, -0.05) is 26.0 Å².